The third-order valence-corrected chi connectivity index (χ3v) is 5.19. The normalized spacial score (nSPS) is 14.4. The molecule has 2 aromatic carbocycles. The molecule has 1 amide bonds. The Morgan fingerprint density at radius 3 is 2.60 bits per heavy atom. The van der Waals surface area contributed by atoms with Gasteiger partial charge in [-0.15, -0.1) is 0 Å². The minimum Gasteiger partial charge on any atom is -0.349 e. The van der Waals surface area contributed by atoms with Crippen LogP contribution in [0.1, 0.15) is 23.2 Å². The summed E-state index contributed by atoms with van der Waals surface area (Å²) in [6.07, 6.45) is 3.29. The highest BCUT2D eigenvalue weighted by Gasteiger charge is 2.23. The van der Waals surface area contributed by atoms with Crippen LogP contribution in [0, 0.1) is 5.82 Å². The number of anilines is 3. The molecule has 0 spiro atoms. The zero-order valence-corrected chi connectivity index (χ0v) is 16.9. The summed E-state index contributed by atoms with van der Waals surface area (Å²) in [6.45, 7) is 1.47. The number of hydrogen-bond donors (Lipinski definition) is 2. The van der Waals surface area contributed by atoms with Gasteiger partial charge in [0.2, 0.25) is 5.95 Å². The van der Waals surface area contributed by atoms with Crippen LogP contribution in [0.15, 0.2) is 60.8 Å². The summed E-state index contributed by atoms with van der Waals surface area (Å²) in [5, 5.41) is 6.78. The molecule has 0 aliphatic carbocycles. The van der Waals surface area contributed by atoms with Crippen LogP contribution in [-0.2, 0) is 0 Å². The Kier molecular flexibility index (Phi) is 6.09. The van der Waals surface area contributed by atoms with Crippen molar-refractivity contribution < 1.29 is 9.18 Å². The lowest BCUT2D eigenvalue weighted by atomic mass is 10.0. The van der Waals surface area contributed by atoms with E-state index in [2.05, 4.69) is 25.5 Å². The summed E-state index contributed by atoms with van der Waals surface area (Å²) in [5.74, 6) is 0.872. The van der Waals surface area contributed by atoms with Gasteiger partial charge in [-0.1, -0.05) is 17.7 Å². The van der Waals surface area contributed by atoms with Gasteiger partial charge in [0.15, 0.2) is 0 Å². The quantitative estimate of drug-likeness (QED) is 0.633. The number of hydrogen-bond acceptors (Lipinski definition) is 5. The zero-order chi connectivity index (χ0) is 20.9. The number of benzene rings is 2. The summed E-state index contributed by atoms with van der Waals surface area (Å²) in [5.41, 5.74) is 1.32. The Morgan fingerprint density at radius 1 is 1.10 bits per heavy atom. The van der Waals surface area contributed by atoms with E-state index in [1.165, 1.54) is 12.1 Å². The molecule has 8 heteroatoms. The molecule has 1 aliphatic heterocycles. The van der Waals surface area contributed by atoms with Gasteiger partial charge in [0.05, 0.1) is 0 Å². The Labute approximate surface area is 179 Å². The summed E-state index contributed by atoms with van der Waals surface area (Å²) < 4.78 is 13.1. The number of aromatic nitrogens is 2. The Balaban J connectivity index is 1.33. The molecule has 4 rings (SSSR count). The molecule has 0 bridgehead atoms. The average molecular weight is 426 g/mol. The smallest absolute Gasteiger partial charge is 0.251 e. The van der Waals surface area contributed by atoms with Gasteiger partial charge < -0.3 is 15.5 Å². The van der Waals surface area contributed by atoms with Gasteiger partial charge in [0.1, 0.15) is 11.6 Å². The second-order valence-corrected chi connectivity index (χ2v) is 7.56. The molecule has 1 saturated heterocycles. The van der Waals surface area contributed by atoms with E-state index in [4.69, 9.17) is 11.6 Å². The molecule has 2 N–H and O–H groups in total. The first-order chi connectivity index (χ1) is 14.6. The molecule has 2 heterocycles. The highest BCUT2D eigenvalue weighted by molar-refractivity contribution is 6.30. The van der Waals surface area contributed by atoms with Gasteiger partial charge >= 0.3 is 0 Å². The molecule has 0 saturated carbocycles. The van der Waals surface area contributed by atoms with E-state index >= 15 is 0 Å². The van der Waals surface area contributed by atoms with Crippen LogP contribution in [0.25, 0.3) is 0 Å². The minimum atomic E-state index is -0.283. The first-order valence-corrected chi connectivity index (χ1v) is 10.1. The van der Waals surface area contributed by atoms with E-state index in [1.54, 1.807) is 48.7 Å². The van der Waals surface area contributed by atoms with Crippen LogP contribution in [0.3, 0.4) is 0 Å². The largest absolute Gasteiger partial charge is 0.349 e. The van der Waals surface area contributed by atoms with Crippen LogP contribution < -0.4 is 15.5 Å². The fraction of sp³-hybridized carbons (Fsp3) is 0.227. The fourth-order valence-corrected chi connectivity index (χ4v) is 3.56. The molecule has 1 aliphatic rings. The SMILES string of the molecule is O=C(NC1CCN(c2nccc(Nc3ccc(F)cc3)n2)CC1)c1cccc(Cl)c1. The molecular formula is C22H21ClFN5O. The second kappa shape index (κ2) is 9.09. The Morgan fingerprint density at radius 2 is 1.87 bits per heavy atom. The first kappa shape index (κ1) is 20.1. The van der Waals surface area contributed by atoms with Crippen LogP contribution in [0.4, 0.5) is 21.8 Å². The number of carbonyl (C=O) groups is 1. The van der Waals surface area contributed by atoms with Crippen molar-refractivity contribution in [3.05, 3.63) is 77.2 Å². The maximum absolute atomic E-state index is 13.1. The van der Waals surface area contributed by atoms with Crippen molar-refractivity contribution in [3.8, 4) is 0 Å². The first-order valence-electron chi connectivity index (χ1n) is 9.74. The van der Waals surface area contributed by atoms with Gasteiger partial charge in [-0.05, 0) is 61.4 Å². The number of rotatable bonds is 5. The number of nitrogens with one attached hydrogen (secondary N) is 2. The van der Waals surface area contributed by atoms with Crippen molar-refractivity contribution in [2.45, 2.75) is 18.9 Å². The number of piperidine rings is 1. The van der Waals surface area contributed by atoms with Crippen molar-refractivity contribution in [1.29, 1.82) is 0 Å². The minimum absolute atomic E-state index is 0.0910. The second-order valence-electron chi connectivity index (χ2n) is 7.12. The molecule has 0 unspecified atom stereocenters. The summed E-state index contributed by atoms with van der Waals surface area (Å²) in [4.78, 5) is 23.5. The van der Waals surface area contributed by atoms with Gasteiger partial charge in [-0.25, -0.2) is 9.37 Å². The van der Waals surface area contributed by atoms with Crippen molar-refractivity contribution in [2.24, 2.45) is 0 Å². The fourth-order valence-electron chi connectivity index (χ4n) is 3.37. The molecule has 0 atom stereocenters. The standard InChI is InChI=1S/C22H21ClFN5O/c23-16-3-1-2-15(14-16)21(30)27-19-9-12-29(13-10-19)22-25-11-8-20(28-22)26-18-6-4-17(24)5-7-18/h1-8,11,14,19H,9-10,12-13H2,(H,27,30)(H,25,26,28). The molecule has 30 heavy (non-hydrogen) atoms. The molecule has 154 valence electrons. The van der Waals surface area contributed by atoms with Crippen molar-refractivity contribution in [2.75, 3.05) is 23.3 Å². The number of halogens is 2. The summed E-state index contributed by atoms with van der Waals surface area (Å²) in [6, 6.07) is 14.9. The Bertz CT molecular complexity index is 1020. The van der Waals surface area contributed by atoms with E-state index in [1.807, 2.05) is 0 Å². The molecule has 1 fully saturated rings. The zero-order valence-electron chi connectivity index (χ0n) is 16.2. The molecule has 0 radical (unpaired) electrons. The van der Waals surface area contributed by atoms with E-state index in [9.17, 15) is 9.18 Å². The lowest BCUT2D eigenvalue weighted by Gasteiger charge is -2.32. The maximum atomic E-state index is 13.1. The van der Waals surface area contributed by atoms with E-state index < -0.39 is 0 Å². The van der Waals surface area contributed by atoms with Crippen molar-refractivity contribution in [1.82, 2.24) is 15.3 Å². The van der Waals surface area contributed by atoms with Crippen molar-refractivity contribution >= 4 is 35.0 Å². The van der Waals surface area contributed by atoms with E-state index in [0.717, 1.165) is 31.6 Å². The predicted molar refractivity (Wildman–Crippen MR) is 116 cm³/mol. The molecule has 6 nitrogen and oxygen atoms in total. The van der Waals surface area contributed by atoms with Crippen LogP contribution >= 0.6 is 11.6 Å². The average Bonchev–Trinajstić information content (AvgIpc) is 2.76. The third kappa shape index (κ3) is 5.04. The van der Waals surface area contributed by atoms with E-state index in [-0.39, 0.29) is 17.8 Å². The lowest BCUT2D eigenvalue weighted by molar-refractivity contribution is 0.0931. The Hall–Kier alpha value is -3.19. The highest BCUT2D eigenvalue weighted by Crippen LogP contribution is 2.20. The van der Waals surface area contributed by atoms with Crippen LogP contribution in [-0.4, -0.2) is 35.0 Å². The monoisotopic (exact) mass is 425 g/mol. The number of carbonyl (C=O) groups excluding carboxylic acids is 1. The lowest BCUT2D eigenvalue weighted by Crippen LogP contribution is -2.45. The maximum Gasteiger partial charge on any atom is 0.251 e. The highest BCUT2D eigenvalue weighted by atomic mass is 35.5. The number of amides is 1. The van der Waals surface area contributed by atoms with Crippen LogP contribution in [0.2, 0.25) is 5.02 Å². The summed E-state index contributed by atoms with van der Waals surface area (Å²) in [7, 11) is 0. The topological polar surface area (TPSA) is 70.2 Å². The number of nitrogens with zero attached hydrogens (tertiary/aromatic N) is 3. The van der Waals surface area contributed by atoms with Gasteiger partial charge in [0, 0.05) is 41.6 Å². The van der Waals surface area contributed by atoms with Gasteiger partial charge in [-0.3, -0.25) is 4.79 Å². The third-order valence-electron chi connectivity index (χ3n) is 4.96. The van der Waals surface area contributed by atoms with Crippen molar-refractivity contribution in [3.63, 3.8) is 0 Å². The van der Waals surface area contributed by atoms with E-state index in [0.29, 0.717) is 22.4 Å². The van der Waals surface area contributed by atoms with Gasteiger partial charge in [0.25, 0.3) is 5.91 Å². The molecular weight excluding hydrogens is 405 g/mol. The van der Waals surface area contributed by atoms with Gasteiger partial charge in [-0.2, -0.15) is 4.98 Å². The summed E-state index contributed by atoms with van der Waals surface area (Å²) >= 11 is 5.97. The van der Waals surface area contributed by atoms with Crippen LogP contribution in [0.5, 0.6) is 0 Å². The predicted octanol–water partition coefficient (Wildman–Crippen LogP) is 4.41. The molecule has 1 aromatic heterocycles. The molecule has 3 aromatic rings.